The number of hydrogen-bond acceptors (Lipinski definition) is 4. The van der Waals surface area contributed by atoms with Gasteiger partial charge in [-0.05, 0) is 86.7 Å². The van der Waals surface area contributed by atoms with Gasteiger partial charge in [0.25, 0.3) is 5.91 Å². The molecular formula is C26H32FNO5. The summed E-state index contributed by atoms with van der Waals surface area (Å²) in [6, 6.07) is 1.78. The van der Waals surface area contributed by atoms with Gasteiger partial charge < -0.3 is 19.8 Å². The minimum absolute atomic E-state index is 0.0373. The van der Waals surface area contributed by atoms with E-state index < -0.39 is 29.8 Å². The van der Waals surface area contributed by atoms with E-state index in [-0.39, 0.29) is 29.9 Å². The molecule has 0 spiro atoms. The van der Waals surface area contributed by atoms with E-state index in [0.717, 1.165) is 41.1 Å². The third-order valence-corrected chi connectivity index (χ3v) is 8.87. The molecule has 1 amide bonds. The third-order valence-electron chi connectivity index (χ3n) is 8.87. The molecule has 7 heteroatoms. The molecule has 5 saturated carbocycles. The molecule has 1 heterocycles. The standard InChI is InChI=1S/C26H32FNO5/c27-21-8-23(33-13-26-9-14-3-15(10-26)5-16(4-14)11-26)19(17-1-2-17)7-20(21)24(30)28-12-18(29)6-22(28)25(31)32/h7-8,14-18,22,29H,1-6,9-13H2,(H,31,32)/t14?,15?,16?,18-,22-,26?/m0/s1. The quantitative estimate of drug-likeness (QED) is 0.675. The van der Waals surface area contributed by atoms with Crippen LogP contribution in [-0.4, -0.2) is 52.3 Å². The number of carbonyl (C=O) groups is 2. The van der Waals surface area contributed by atoms with Crippen LogP contribution < -0.4 is 4.74 Å². The Morgan fingerprint density at radius 2 is 1.70 bits per heavy atom. The fraction of sp³-hybridized carbons (Fsp3) is 0.692. The molecule has 2 atom stereocenters. The largest absolute Gasteiger partial charge is 0.493 e. The average Bonchev–Trinajstić information content (AvgIpc) is 3.51. The second-order valence-corrected chi connectivity index (χ2v) is 11.6. The lowest BCUT2D eigenvalue weighted by Crippen LogP contribution is -2.48. The highest BCUT2D eigenvalue weighted by atomic mass is 19.1. The van der Waals surface area contributed by atoms with E-state index >= 15 is 4.39 Å². The number of aliphatic carboxylic acids is 1. The number of aliphatic hydroxyl groups excluding tert-OH is 1. The number of carboxylic acid groups (broad SMARTS) is 1. The Kier molecular flexibility index (Phi) is 4.98. The number of amides is 1. The molecule has 33 heavy (non-hydrogen) atoms. The number of halogens is 1. The number of aliphatic hydroxyl groups is 1. The summed E-state index contributed by atoms with van der Waals surface area (Å²) in [6.45, 7) is 0.515. The number of ether oxygens (including phenoxy) is 1. The Hall–Kier alpha value is -2.15. The number of likely N-dealkylation sites (tertiary alicyclic amines) is 1. The number of hydrogen-bond donors (Lipinski definition) is 2. The van der Waals surface area contributed by atoms with Crippen LogP contribution in [0.1, 0.15) is 79.6 Å². The maximum Gasteiger partial charge on any atom is 0.326 e. The molecule has 5 aliphatic carbocycles. The number of carboxylic acids is 1. The summed E-state index contributed by atoms with van der Waals surface area (Å²) < 4.78 is 21.5. The van der Waals surface area contributed by atoms with E-state index in [1.54, 1.807) is 6.07 Å². The van der Waals surface area contributed by atoms with Crippen LogP contribution in [0.5, 0.6) is 5.75 Å². The van der Waals surface area contributed by atoms with Crippen LogP contribution in [0.15, 0.2) is 12.1 Å². The molecule has 0 unspecified atom stereocenters. The van der Waals surface area contributed by atoms with E-state index in [2.05, 4.69) is 0 Å². The Labute approximate surface area is 193 Å². The van der Waals surface area contributed by atoms with Gasteiger partial charge >= 0.3 is 5.97 Å². The van der Waals surface area contributed by atoms with Crippen LogP contribution in [-0.2, 0) is 4.79 Å². The first-order chi connectivity index (χ1) is 15.8. The maximum atomic E-state index is 15.2. The second-order valence-electron chi connectivity index (χ2n) is 11.6. The van der Waals surface area contributed by atoms with Gasteiger partial charge in [0.05, 0.1) is 18.3 Å². The van der Waals surface area contributed by atoms with E-state index in [4.69, 9.17) is 4.74 Å². The Balaban J connectivity index is 1.24. The molecule has 6 aliphatic rings. The minimum Gasteiger partial charge on any atom is -0.493 e. The molecule has 6 fully saturated rings. The van der Waals surface area contributed by atoms with Crippen molar-refractivity contribution < 1.29 is 28.9 Å². The molecule has 1 aromatic rings. The highest BCUT2D eigenvalue weighted by Gasteiger charge is 2.51. The number of benzene rings is 1. The van der Waals surface area contributed by atoms with Gasteiger partial charge in [-0.15, -0.1) is 0 Å². The molecular weight excluding hydrogens is 425 g/mol. The van der Waals surface area contributed by atoms with Crippen molar-refractivity contribution in [3.05, 3.63) is 29.1 Å². The lowest BCUT2D eigenvalue weighted by atomic mass is 9.50. The molecule has 0 aromatic heterocycles. The molecule has 1 aliphatic heterocycles. The van der Waals surface area contributed by atoms with Crippen molar-refractivity contribution in [3.8, 4) is 5.75 Å². The predicted molar refractivity (Wildman–Crippen MR) is 118 cm³/mol. The van der Waals surface area contributed by atoms with Gasteiger partial charge in [-0.1, -0.05) is 0 Å². The predicted octanol–water partition coefficient (Wildman–Crippen LogP) is 3.96. The summed E-state index contributed by atoms with van der Waals surface area (Å²) in [5, 5.41) is 19.3. The van der Waals surface area contributed by atoms with Crippen molar-refractivity contribution in [1.29, 1.82) is 0 Å². The van der Waals surface area contributed by atoms with Crippen molar-refractivity contribution >= 4 is 11.9 Å². The van der Waals surface area contributed by atoms with Gasteiger partial charge in [-0.25, -0.2) is 9.18 Å². The summed E-state index contributed by atoms with van der Waals surface area (Å²) in [6.07, 6.45) is 8.73. The molecule has 2 N–H and O–H groups in total. The highest BCUT2D eigenvalue weighted by molar-refractivity contribution is 5.97. The fourth-order valence-corrected chi connectivity index (χ4v) is 7.70. The minimum atomic E-state index is -1.18. The van der Waals surface area contributed by atoms with Crippen molar-refractivity contribution in [2.75, 3.05) is 13.2 Å². The normalized spacial score (nSPS) is 36.9. The third kappa shape index (κ3) is 3.82. The zero-order valence-electron chi connectivity index (χ0n) is 18.8. The summed E-state index contributed by atoms with van der Waals surface area (Å²) in [7, 11) is 0. The summed E-state index contributed by atoms with van der Waals surface area (Å²) in [5.74, 6) is 0.702. The second kappa shape index (κ2) is 7.69. The van der Waals surface area contributed by atoms with Crippen molar-refractivity contribution in [1.82, 2.24) is 4.90 Å². The molecule has 4 bridgehead atoms. The van der Waals surface area contributed by atoms with Gasteiger partial charge in [0.1, 0.15) is 17.6 Å². The van der Waals surface area contributed by atoms with Crippen LogP contribution in [0.2, 0.25) is 0 Å². The van der Waals surface area contributed by atoms with E-state index in [1.807, 2.05) is 0 Å². The first-order valence-corrected chi connectivity index (χ1v) is 12.5. The molecule has 7 rings (SSSR count). The van der Waals surface area contributed by atoms with Crippen molar-refractivity contribution in [3.63, 3.8) is 0 Å². The molecule has 1 saturated heterocycles. The van der Waals surface area contributed by atoms with Gasteiger partial charge in [0, 0.05) is 24.4 Å². The summed E-state index contributed by atoms with van der Waals surface area (Å²) >= 11 is 0. The average molecular weight is 458 g/mol. The monoisotopic (exact) mass is 457 g/mol. The zero-order chi connectivity index (χ0) is 22.9. The molecule has 178 valence electrons. The Morgan fingerprint density at radius 1 is 1.06 bits per heavy atom. The van der Waals surface area contributed by atoms with Crippen LogP contribution in [0, 0.1) is 29.0 Å². The Morgan fingerprint density at radius 3 is 2.27 bits per heavy atom. The smallest absolute Gasteiger partial charge is 0.326 e. The van der Waals surface area contributed by atoms with Crippen LogP contribution in [0.25, 0.3) is 0 Å². The lowest BCUT2D eigenvalue weighted by molar-refractivity contribution is -0.141. The molecule has 6 nitrogen and oxygen atoms in total. The van der Waals surface area contributed by atoms with Crippen LogP contribution in [0.4, 0.5) is 4.39 Å². The van der Waals surface area contributed by atoms with Crippen LogP contribution in [0.3, 0.4) is 0 Å². The Bertz CT molecular complexity index is 954. The van der Waals surface area contributed by atoms with Crippen molar-refractivity contribution in [2.45, 2.75) is 75.9 Å². The summed E-state index contributed by atoms with van der Waals surface area (Å²) in [4.78, 5) is 25.7. The van der Waals surface area contributed by atoms with Crippen molar-refractivity contribution in [2.24, 2.45) is 23.2 Å². The first-order valence-electron chi connectivity index (χ1n) is 12.5. The van der Waals surface area contributed by atoms with Gasteiger partial charge in [-0.2, -0.15) is 0 Å². The number of nitrogens with zero attached hydrogens (tertiary/aromatic N) is 1. The van der Waals surface area contributed by atoms with E-state index in [1.165, 1.54) is 44.6 Å². The number of β-amino-alcohol motifs (C(OH)–C–C–N with tert-alkyl or cyclic N) is 1. The zero-order valence-corrected chi connectivity index (χ0v) is 18.8. The van der Waals surface area contributed by atoms with Gasteiger partial charge in [0.2, 0.25) is 0 Å². The lowest BCUT2D eigenvalue weighted by Gasteiger charge is -2.56. The molecule has 1 aromatic carbocycles. The van der Waals surface area contributed by atoms with Gasteiger partial charge in [-0.3, -0.25) is 4.79 Å². The van der Waals surface area contributed by atoms with Gasteiger partial charge in [0.15, 0.2) is 0 Å². The number of carbonyl (C=O) groups excluding carboxylic acids is 1. The van der Waals surface area contributed by atoms with E-state index in [0.29, 0.717) is 12.4 Å². The first kappa shape index (κ1) is 21.4. The summed E-state index contributed by atoms with van der Waals surface area (Å²) in [5.41, 5.74) is 0.941. The van der Waals surface area contributed by atoms with E-state index in [9.17, 15) is 19.8 Å². The SMILES string of the molecule is O=C(O)[C@@H]1C[C@H](O)CN1C(=O)c1cc(C2CC2)c(OCC23CC4CC(CC(C4)C2)C3)cc1F. The maximum absolute atomic E-state index is 15.2. The number of rotatable bonds is 6. The topological polar surface area (TPSA) is 87.1 Å². The fourth-order valence-electron chi connectivity index (χ4n) is 7.70. The van der Waals surface area contributed by atoms with Crippen LogP contribution >= 0.6 is 0 Å². The highest BCUT2D eigenvalue weighted by Crippen LogP contribution is 2.60. The molecule has 0 radical (unpaired) electrons.